The molecule has 6 heteroatoms. The molecule has 0 amide bonds. The monoisotopic (exact) mass is 324 g/mol. The van der Waals surface area contributed by atoms with Crippen LogP contribution in [0.4, 0.5) is 0 Å². The highest BCUT2D eigenvalue weighted by Crippen LogP contribution is 2.33. The molecule has 1 aliphatic heterocycles. The van der Waals surface area contributed by atoms with Crippen LogP contribution in [0.1, 0.15) is 24.2 Å². The number of hydrogen-bond donors (Lipinski definition) is 0. The van der Waals surface area contributed by atoms with Gasteiger partial charge in [0.05, 0.1) is 11.1 Å². The molecule has 4 nitrogen and oxygen atoms in total. The molecule has 1 aromatic carbocycles. The third-order valence-corrected chi connectivity index (χ3v) is 6.41. The molecule has 0 saturated carbocycles. The fraction of sp³-hybridized carbons (Fsp3) is 0.333. The topological polar surface area (TPSA) is 42.3 Å². The number of fused-ring (bicyclic) bond motifs is 1. The predicted molar refractivity (Wildman–Crippen MR) is 82.9 cm³/mol. The first kappa shape index (κ1) is 14.6. The molecule has 0 aliphatic carbocycles. The van der Waals surface area contributed by atoms with Gasteiger partial charge >= 0.3 is 0 Å². The minimum atomic E-state index is -3.59. The van der Waals surface area contributed by atoms with E-state index in [0.717, 1.165) is 11.3 Å². The molecule has 1 aliphatic rings. The van der Waals surface area contributed by atoms with Crippen LogP contribution in [0.2, 0.25) is 5.02 Å². The minimum Gasteiger partial charge on any atom is -0.349 e. The zero-order valence-corrected chi connectivity index (χ0v) is 13.5. The lowest BCUT2D eigenvalue weighted by Gasteiger charge is -2.34. The van der Waals surface area contributed by atoms with Gasteiger partial charge in [-0.1, -0.05) is 17.7 Å². The standard InChI is InChI=1S/C15H17ClN2O2S/c1-11-5-6-15(13(16)10-11)21(19,20)18-9-8-17-7-3-4-14(17)12(18)2/h3-7,10,12H,8-9H2,1-2H3/t12-/m0/s1. The Kier molecular flexibility index (Phi) is 3.59. The highest BCUT2D eigenvalue weighted by atomic mass is 35.5. The van der Waals surface area contributed by atoms with Crippen LogP contribution in [0.3, 0.4) is 0 Å². The Bertz CT molecular complexity index is 783. The molecule has 0 spiro atoms. The number of rotatable bonds is 2. The summed E-state index contributed by atoms with van der Waals surface area (Å²) < 4.78 is 29.4. The lowest BCUT2D eigenvalue weighted by Crippen LogP contribution is -2.40. The van der Waals surface area contributed by atoms with E-state index in [1.165, 1.54) is 4.31 Å². The molecule has 0 bridgehead atoms. The highest BCUT2D eigenvalue weighted by Gasteiger charge is 2.34. The number of halogens is 1. The van der Waals surface area contributed by atoms with Crippen molar-refractivity contribution >= 4 is 21.6 Å². The van der Waals surface area contributed by atoms with Crippen molar-refractivity contribution in [3.8, 4) is 0 Å². The van der Waals surface area contributed by atoms with Gasteiger partial charge in [-0.05, 0) is 43.7 Å². The van der Waals surface area contributed by atoms with E-state index < -0.39 is 10.0 Å². The molecule has 112 valence electrons. The van der Waals surface area contributed by atoms with E-state index in [1.54, 1.807) is 18.2 Å². The maximum absolute atomic E-state index is 12.9. The van der Waals surface area contributed by atoms with Gasteiger partial charge in [-0.15, -0.1) is 0 Å². The van der Waals surface area contributed by atoms with Crippen LogP contribution < -0.4 is 0 Å². The molecular weight excluding hydrogens is 308 g/mol. The van der Waals surface area contributed by atoms with Gasteiger partial charge in [0.1, 0.15) is 4.90 Å². The average molecular weight is 325 g/mol. The Hall–Kier alpha value is -1.30. The summed E-state index contributed by atoms with van der Waals surface area (Å²) in [7, 11) is -3.59. The van der Waals surface area contributed by atoms with E-state index in [4.69, 9.17) is 11.6 Å². The summed E-state index contributed by atoms with van der Waals surface area (Å²) in [5.41, 5.74) is 1.95. The molecule has 0 saturated heterocycles. The van der Waals surface area contributed by atoms with Gasteiger partial charge in [0.2, 0.25) is 10.0 Å². The number of benzene rings is 1. The first-order valence-electron chi connectivity index (χ1n) is 6.84. The smallest absolute Gasteiger partial charge is 0.245 e. The fourth-order valence-electron chi connectivity index (χ4n) is 2.83. The molecule has 1 aromatic heterocycles. The van der Waals surface area contributed by atoms with Crippen molar-refractivity contribution in [2.24, 2.45) is 0 Å². The van der Waals surface area contributed by atoms with Crippen LogP contribution in [0.15, 0.2) is 41.4 Å². The predicted octanol–water partition coefficient (Wildman–Crippen LogP) is 3.22. The van der Waals surface area contributed by atoms with Crippen molar-refractivity contribution in [2.45, 2.75) is 31.3 Å². The molecule has 2 heterocycles. The summed E-state index contributed by atoms with van der Waals surface area (Å²) >= 11 is 6.15. The van der Waals surface area contributed by atoms with E-state index in [0.29, 0.717) is 13.1 Å². The summed E-state index contributed by atoms with van der Waals surface area (Å²) in [4.78, 5) is 0.182. The normalized spacial score (nSPS) is 19.5. The number of aryl methyl sites for hydroxylation is 1. The van der Waals surface area contributed by atoms with E-state index in [2.05, 4.69) is 4.57 Å². The van der Waals surface area contributed by atoms with Gasteiger partial charge in [0.25, 0.3) is 0 Å². The van der Waals surface area contributed by atoms with Gasteiger partial charge in [0, 0.05) is 25.0 Å². The van der Waals surface area contributed by atoms with Crippen LogP contribution in [0.25, 0.3) is 0 Å². The maximum Gasteiger partial charge on any atom is 0.245 e. The Morgan fingerprint density at radius 1 is 1.24 bits per heavy atom. The number of hydrogen-bond acceptors (Lipinski definition) is 2. The number of aromatic nitrogens is 1. The number of sulfonamides is 1. The highest BCUT2D eigenvalue weighted by molar-refractivity contribution is 7.89. The molecule has 0 fully saturated rings. The van der Waals surface area contributed by atoms with E-state index in [9.17, 15) is 8.42 Å². The second-order valence-electron chi connectivity index (χ2n) is 5.35. The Morgan fingerprint density at radius 3 is 2.71 bits per heavy atom. The quantitative estimate of drug-likeness (QED) is 0.851. The largest absolute Gasteiger partial charge is 0.349 e. The molecule has 2 aromatic rings. The van der Waals surface area contributed by atoms with E-state index in [1.807, 2.05) is 32.2 Å². The van der Waals surface area contributed by atoms with Crippen molar-refractivity contribution in [3.05, 3.63) is 52.8 Å². The molecule has 3 rings (SSSR count). The first-order valence-corrected chi connectivity index (χ1v) is 8.66. The van der Waals surface area contributed by atoms with Gasteiger partial charge in [0.15, 0.2) is 0 Å². The van der Waals surface area contributed by atoms with Crippen molar-refractivity contribution in [2.75, 3.05) is 6.54 Å². The Balaban J connectivity index is 2.03. The van der Waals surface area contributed by atoms with Gasteiger partial charge in [-0.3, -0.25) is 0 Å². The van der Waals surface area contributed by atoms with Crippen LogP contribution in [-0.4, -0.2) is 23.8 Å². The molecule has 0 unspecified atom stereocenters. The van der Waals surface area contributed by atoms with Crippen molar-refractivity contribution in [1.29, 1.82) is 0 Å². The number of nitrogens with zero attached hydrogens (tertiary/aromatic N) is 2. The first-order chi connectivity index (χ1) is 9.91. The van der Waals surface area contributed by atoms with Crippen molar-refractivity contribution in [3.63, 3.8) is 0 Å². The summed E-state index contributed by atoms with van der Waals surface area (Å²) in [5, 5.41) is 0.281. The van der Waals surface area contributed by atoms with E-state index in [-0.39, 0.29) is 16.0 Å². The summed E-state index contributed by atoms with van der Waals surface area (Å²) in [6.07, 6.45) is 1.98. The van der Waals surface area contributed by atoms with Crippen molar-refractivity contribution in [1.82, 2.24) is 8.87 Å². The van der Waals surface area contributed by atoms with Gasteiger partial charge in [-0.25, -0.2) is 8.42 Å². The Labute approximate surface area is 130 Å². The van der Waals surface area contributed by atoms with Gasteiger partial charge < -0.3 is 4.57 Å². The molecular formula is C15H17ClN2O2S. The maximum atomic E-state index is 12.9. The zero-order valence-electron chi connectivity index (χ0n) is 12.0. The molecule has 0 radical (unpaired) electrons. The third-order valence-electron chi connectivity index (χ3n) is 3.96. The van der Waals surface area contributed by atoms with Crippen LogP contribution in [0.5, 0.6) is 0 Å². The van der Waals surface area contributed by atoms with Crippen molar-refractivity contribution < 1.29 is 8.42 Å². The zero-order chi connectivity index (χ0) is 15.2. The van der Waals surface area contributed by atoms with Crippen LogP contribution >= 0.6 is 11.6 Å². The van der Waals surface area contributed by atoms with Gasteiger partial charge in [-0.2, -0.15) is 4.31 Å². The molecule has 0 N–H and O–H groups in total. The summed E-state index contributed by atoms with van der Waals surface area (Å²) in [6.45, 7) is 4.91. The van der Waals surface area contributed by atoms with Crippen LogP contribution in [0, 0.1) is 6.92 Å². The second kappa shape index (κ2) is 5.16. The lowest BCUT2D eigenvalue weighted by atomic mass is 10.2. The molecule has 21 heavy (non-hydrogen) atoms. The average Bonchev–Trinajstić information content (AvgIpc) is 2.87. The summed E-state index contributed by atoms with van der Waals surface area (Å²) in [6, 6.07) is 8.76. The second-order valence-corrected chi connectivity index (χ2v) is 7.62. The van der Waals surface area contributed by atoms with E-state index >= 15 is 0 Å². The minimum absolute atomic E-state index is 0.182. The fourth-order valence-corrected chi connectivity index (χ4v) is 5.00. The Morgan fingerprint density at radius 2 is 2.00 bits per heavy atom. The SMILES string of the molecule is Cc1ccc(S(=O)(=O)N2CCn3cccc3[C@@H]2C)c(Cl)c1. The molecule has 1 atom stereocenters. The lowest BCUT2D eigenvalue weighted by molar-refractivity contribution is 0.282. The van der Waals surface area contributed by atoms with Crippen LogP contribution in [-0.2, 0) is 16.6 Å². The summed E-state index contributed by atoms with van der Waals surface area (Å²) in [5.74, 6) is 0. The third kappa shape index (κ3) is 2.39.